The number of rotatable bonds is 2. The summed E-state index contributed by atoms with van der Waals surface area (Å²) in [6, 6.07) is 8.87. The summed E-state index contributed by atoms with van der Waals surface area (Å²) in [6.07, 6.45) is 0. The predicted octanol–water partition coefficient (Wildman–Crippen LogP) is 1.06. The van der Waals surface area contributed by atoms with Crippen LogP contribution in [0.2, 0.25) is 0 Å². The van der Waals surface area contributed by atoms with Crippen molar-refractivity contribution >= 4 is 18.4 Å². The molecule has 0 aliphatic carbocycles. The van der Waals surface area contributed by atoms with Crippen LogP contribution in [0, 0.1) is 0 Å². The largest absolute Gasteiger partial charge is 0.480 e. The van der Waals surface area contributed by atoms with E-state index in [1.165, 1.54) is 11.1 Å². The van der Waals surface area contributed by atoms with Gasteiger partial charge in [0, 0.05) is 31.6 Å². The second kappa shape index (κ2) is 5.26. The van der Waals surface area contributed by atoms with Crippen LogP contribution in [0.25, 0.3) is 0 Å². The van der Waals surface area contributed by atoms with E-state index < -0.39 is 5.97 Å². The van der Waals surface area contributed by atoms with E-state index in [1.807, 2.05) is 4.90 Å². The Bertz CT molecular complexity index is 452. The van der Waals surface area contributed by atoms with Crippen molar-refractivity contribution in [2.24, 2.45) is 0 Å². The summed E-state index contributed by atoms with van der Waals surface area (Å²) in [5, 5.41) is 12.3. The first-order valence-electron chi connectivity index (χ1n) is 5.99. The van der Waals surface area contributed by atoms with Crippen molar-refractivity contribution in [1.29, 1.82) is 0 Å². The van der Waals surface area contributed by atoms with Crippen molar-refractivity contribution in [3.63, 3.8) is 0 Å². The summed E-state index contributed by atoms with van der Waals surface area (Å²) in [6.45, 7) is 2.74. The number of hydrogen-bond acceptors (Lipinski definition) is 3. The average Bonchev–Trinajstić information content (AvgIpc) is 2.70. The molecule has 0 unspecified atom stereocenters. The van der Waals surface area contributed by atoms with E-state index in [9.17, 15) is 4.79 Å². The molecule has 98 valence electrons. The SMILES string of the molecule is Cl.O=C(O)CN1C[C@H]2NCc3ccccc3[C@@H]2C1. The lowest BCUT2D eigenvalue weighted by molar-refractivity contribution is -0.138. The molecule has 1 fully saturated rings. The highest BCUT2D eigenvalue weighted by atomic mass is 35.5. The minimum atomic E-state index is -0.739. The van der Waals surface area contributed by atoms with Gasteiger partial charge in [-0.15, -0.1) is 12.4 Å². The third kappa shape index (κ3) is 2.36. The number of likely N-dealkylation sites (tertiary alicyclic amines) is 1. The fourth-order valence-electron chi connectivity index (χ4n) is 3.03. The van der Waals surface area contributed by atoms with Crippen LogP contribution in [0.4, 0.5) is 0 Å². The van der Waals surface area contributed by atoms with Crippen LogP contribution in [-0.4, -0.2) is 41.7 Å². The monoisotopic (exact) mass is 268 g/mol. The molecule has 3 rings (SSSR count). The molecule has 0 saturated carbocycles. The van der Waals surface area contributed by atoms with Crippen LogP contribution in [0.3, 0.4) is 0 Å². The van der Waals surface area contributed by atoms with Gasteiger partial charge < -0.3 is 10.4 Å². The quantitative estimate of drug-likeness (QED) is 0.842. The lowest BCUT2D eigenvalue weighted by atomic mass is 9.87. The Balaban J connectivity index is 0.00000120. The van der Waals surface area contributed by atoms with Gasteiger partial charge >= 0.3 is 5.97 Å². The van der Waals surface area contributed by atoms with Gasteiger partial charge in [0.15, 0.2) is 0 Å². The van der Waals surface area contributed by atoms with Gasteiger partial charge in [-0.3, -0.25) is 9.69 Å². The summed E-state index contributed by atoms with van der Waals surface area (Å²) in [4.78, 5) is 12.8. The molecule has 0 bridgehead atoms. The van der Waals surface area contributed by atoms with E-state index in [0.29, 0.717) is 12.0 Å². The van der Waals surface area contributed by atoms with Crippen LogP contribution >= 0.6 is 12.4 Å². The number of benzene rings is 1. The maximum atomic E-state index is 10.7. The second-order valence-electron chi connectivity index (χ2n) is 4.88. The van der Waals surface area contributed by atoms with Crippen molar-refractivity contribution in [1.82, 2.24) is 10.2 Å². The number of aliphatic carboxylic acids is 1. The van der Waals surface area contributed by atoms with Crippen molar-refractivity contribution in [2.45, 2.75) is 18.5 Å². The van der Waals surface area contributed by atoms with Crippen molar-refractivity contribution in [3.05, 3.63) is 35.4 Å². The van der Waals surface area contributed by atoms with E-state index in [4.69, 9.17) is 5.11 Å². The van der Waals surface area contributed by atoms with E-state index >= 15 is 0 Å². The molecule has 2 aliphatic heterocycles. The lowest BCUT2D eigenvalue weighted by Gasteiger charge is -2.28. The highest BCUT2D eigenvalue weighted by Gasteiger charge is 2.37. The van der Waals surface area contributed by atoms with Crippen molar-refractivity contribution < 1.29 is 9.90 Å². The zero-order valence-electron chi connectivity index (χ0n) is 10.0. The molecule has 0 radical (unpaired) electrons. The number of carbonyl (C=O) groups is 1. The summed E-state index contributed by atoms with van der Waals surface area (Å²) in [5.74, 6) is -0.295. The molecular weight excluding hydrogens is 252 g/mol. The zero-order valence-corrected chi connectivity index (χ0v) is 10.8. The summed E-state index contributed by atoms with van der Waals surface area (Å²) >= 11 is 0. The zero-order chi connectivity index (χ0) is 11.8. The number of fused-ring (bicyclic) bond motifs is 3. The molecule has 0 amide bonds. The molecule has 4 nitrogen and oxygen atoms in total. The van der Waals surface area contributed by atoms with Crippen LogP contribution in [0.1, 0.15) is 17.0 Å². The third-order valence-corrected chi connectivity index (χ3v) is 3.76. The number of hydrogen-bond donors (Lipinski definition) is 2. The van der Waals surface area contributed by atoms with E-state index in [2.05, 4.69) is 29.6 Å². The lowest BCUT2D eigenvalue weighted by Crippen LogP contribution is -2.39. The second-order valence-corrected chi connectivity index (χ2v) is 4.88. The van der Waals surface area contributed by atoms with Gasteiger partial charge in [0.2, 0.25) is 0 Å². The van der Waals surface area contributed by atoms with Crippen molar-refractivity contribution in [3.8, 4) is 0 Å². The average molecular weight is 269 g/mol. The highest BCUT2D eigenvalue weighted by molar-refractivity contribution is 5.85. The molecule has 18 heavy (non-hydrogen) atoms. The Morgan fingerprint density at radius 3 is 2.94 bits per heavy atom. The number of nitrogens with zero attached hydrogens (tertiary/aromatic N) is 1. The van der Waals surface area contributed by atoms with Gasteiger partial charge in [-0.25, -0.2) is 0 Å². The van der Waals surface area contributed by atoms with Gasteiger partial charge in [0.25, 0.3) is 0 Å². The van der Waals surface area contributed by atoms with E-state index in [0.717, 1.165) is 19.6 Å². The molecule has 1 saturated heterocycles. The minimum Gasteiger partial charge on any atom is -0.480 e. The number of halogens is 1. The molecule has 2 heterocycles. The summed E-state index contributed by atoms with van der Waals surface area (Å²) in [7, 11) is 0. The van der Waals surface area contributed by atoms with Crippen LogP contribution in [-0.2, 0) is 11.3 Å². The standard InChI is InChI=1S/C13H16N2O2.ClH/c16-13(17)8-15-6-11-10-4-2-1-3-9(10)5-14-12(11)7-15;/h1-4,11-12,14H,5-8H2,(H,16,17);1H/t11-,12+;/m0./s1. The Morgan fingerprint density at radius 1 is 1.39 bits per heavy atom. The summed E-state index contributed by atoms with van der Waals surface area (Å²) < 4.78 is 0. The first-order chi connectivity index (χ1) is 8.24. The van der Waals surface area contributed by atoms with Crippen molar-refractivity contribution in [2.75, 3.05) is 19.6 Å². The van der Waals surface area contributed by atoms with E-state index in [1.54, 1.807) is 0 Å². The Hall–Kier alpha value is -1.10. The van der Waals surface area contributed by atoms with E-state index in [-0.39, 0.29) is 19.0 Å². The van der Waals surface area contributed by atoms with Gasteiger partial charge in [-0.1, -0.05) is 24.3 Å². The maximum Gasteiger partial charge on any atom is 0.317 e. The Kier molecular flexibility index (Phi) is 3.90. The maximum absolute atomic E-state index is 10.7. The first kappa shape index (κ1) is 13.3. The topological polar surface area (TPSA) is 52.6 Å². The fourth-order valence-corrected chi connectivity index (χ4v) is 3.03. The smallest absolute Gasteiger partial charge is 0.317 e. The fraction of sp³-hybridized carbons (Fsp3) is 0.462. The van der Waals surface area contributed by atoms with Crippen LogP contribution in [0.15, 0.2) is 24.3 Å². The normalized spacial score (nSPS) is 26.0. The number of carboxylic acids is 1. The first-order valence-corrected chi connectivity index (χ1v) is 5.99. The van der Waals surface area contributed by atoms with Gasteiger partial charge in [-0.2, -0.15) is 0 Å². The minimum absolute atomic E-state index is 0. The Morgan fingerprint density at radius 2 is 2.17 bits per heavy atom. The molecule has 1 aromatic carbocycles. The van der Waals surface area contributed by atoms with Crippen LogP contribution < -0.4 is 5.32 Å². The molecule has 0 aromatic heterocycles. The highest BCUT2D eigenvalue weighted by Crippen LogP contribution is 2.33. The van der Waals surface area contributed by atoms with Crippen LogP contribution in [0.5, 0.6) is 0 Å². The molecule has 2 aliphatic rings. The predicted molar refractivity (Wildman–Crippen MR) is 71.1 cm³/mol. The molecule has 2 N–H and O–H groups in total. The summed E-state index contributed by atoms with van der Waals surface area (Å²) in [5.41, 5.74) is 2.75. The number of nitrogens with one attached hydrogen (secondary N) is 1. The molecule has 1 aromatic rings. The molecule has 5 heteroatoms. The van der Waals surface area contributed by atoms with Gasteiger partial charge in [-0.05, 0) is 11.1 Å². The molecule has 0 spiro atoms. The van der Waals surface area contributed by atoms with Gasteiger partial charge in [0.05, 0.1) is 6.54 Å². The molecule has 2 atom stereocenters. The Labute approximate surface area is 112 Å². The number of carboxylic acid groups (broad SMARTS) is 1. The third-order valence-electron chi connectivity index (χ3n) is 3.76. The molecular formula is C13H17ClN2O2. The van der Waals surface area contributed by atoms with Gasteiger partial charge in [0.1, 0.15) is 0 Å².